The number of piperazine rings is 1. The molecule has 0 saturated carbocycles. The van der Waals surface area contributed by atoms with Crippen LogP contribution in [0.5, 0.6) is 11.5 Å². The van der Waals surface area contributed by atoms with Crippen LogP contribution in [0.4, 0.5) is 18.9 Å². The second kappa shape index (κ2) is 7.68. The number of carbonyl (C=O) groups excluding carboxylic acids is 1. The molecule has 6 nitrogen and oxygen atoms in total. The molecule has 3 aromatic rings. The fraction of sp³-hybridized carbons (Fsp3) is 0.250. The smallest absolute Gasteiger partial charge is 0.246 e. The third-order valence-electron chi connectivity index (χ3n) is 6.25. The van der Waals surface area contributed by atoms with Crippen molar-refractivity contribution in [2.75, 3.05) is 24.6 Å². The van der Waals surface area contributed by atoms with Crippen LogP contribution < -0.4 is 9.64 Å². The number of carbonyl (C=O) groups is 1. The van der Waals surface area contributed by atoms with Gasteiger partial charge in [-0.05, 0) is 31.2 Å². The van der Waals surface area contributed by atoms with Crippen molar-refractivity contribution in [2.24, 2.45) is 0 Å². The number of fused-ring (bicyclic) bond motifs is 5. The largest absolute Gasteiger partial charge is 0.507 e. The van der Waals surface area contributed by atoms with Crippen molar-refractivity contribution in [3.05, 3.63) is 60.6 Å². The average Bonchev–Trinajstić information content (AvgIpc) is 2.79. The van der Waals surface area contributed by atoms with Gasteiger partial charge in [-0.2, -0.15) is 0 Å². The van der Waals surface area contributed by atoms with Gasteiger partial charge in [0, 0.05) is 24.5 Å². The zero-order valence-electron chi connectivity index (χ0n) is 17.7. The van der Waals surface area contributed by atoms with E-state index < -0.39 is 34.3 Å². The summed E-state index contributed by atoms with van der Waals surface area (Å²) in [6, 6.07) is 4.10. The number of amides is 1. The molecule has 9 heteroatoms. The predicted molar refractivity (Wildman–Crippen MR) is 117 cm³/mol. The lowest BCUT2D eigenvalue weighted by molar-refractivity contribution is -0.129. The van der Waals surface area contributed by atoms with E-state index in [0.29, 0.717) is 24.5 Å². The van der Waals surface area contributed by atoms with Crippen LogP contribution in [0.15, 0.2) is 43.1 Å². The van der Waals surface area contributed by atoms with Gasteiger partial charge in [0.1, 0.15) is 29.5 Å². The summed E-state index contributed by atoms with van der Waals surface area (Å²) in [4.78, 5) is 20.0. The first-order chi connectivity index (χ1) is 15.8. The van der Waals surface area contributed by atoms with E-state index in [0.717, 1.165) is 18.2 Å². The molecular formula is C24H20F3N3O3. The van der Waals surface area contributed by atoms with Crippen LogP contribution in [0.3, 0.4) is 0 Å². The molecule has 3 heterocycles. The summed E-state index contributed by atoms with van der Waals surface area (Å²) in [5.41, 5.74) is -0.952. The maximum Gasteiger partial charge on any atom is 0.246 e. The minimum atomic E-state index is -1.08. The summed E-state index contributed by atoms with van der Waals surface area (Å²) < 4.78 is 51.0. The number of phenolic OH excluding ortho intramolecular Hbond substituents is 1. The zero-order valence-corrected chi connectivity index (χ0v) is 17.7. The van der Waals surface area contributed by atoms with Crippen LogP contribution in [-0.4, -0.2) is 52.7 Å². The molecule has 0 radical (unpaired) electrons. The molecule has 1 amide bonds. The fourth-order valence-electron chi connectivity index (χ4n) is 4.69. The van der Waals surface area contributed by atoms with Crippen molar-refractivity contribution in [3.63, 3.8) is 0 Å². The van der Waals surface area contributed by atoms with E-state index in [2.05, 4.69) is 11.6 Å². The molecule has 1 saturated heterocycles. The van der Waals surface area contributed by atoms with Crippen LogP contribution in [-0.2, 0) is 4.79 Å². The van der Waals surface area contributed by atoms with E-state index in [1.54, 1.807) is 4.90 Å². The predicted octanol–water partition coefficient (Wildman–Crippen LogP) is 4.01. The highest BCUT2D eigenvalue weighted by atomic mass is 19.1. The molecule has 0 bridgehead atoms. The number of benzene rings is 2. The quantitative estimate of drug-likeness (QED) is 0.592. The Labute approximate surface area is 187 Å². The Morgan fingerprint density at radius 2 is 2.03 bits per heavy atom. The molecule has 1 N–H and O–H groups in total. The van der Waals surface area contributed by atoms with Gasteiger partial charge in [0.2, 0.25) is 5.91 Å². The summed E-state index contributed by atoms with van der Waals surface area (Å²) in [5.74, 6) is -3.47. The number of ether oxygens (including phenoxy) is 1. The molecule has 0 spiro atoms. The van der Waals surface area contributed by atoms with Gasteiger partial charge in [0.15, 0.2) is 11.6 Å². The van der Waals surface area contributed by atoms with E-state index in [1.807, 2.05) is 11.8 Å². The first-order valence-electron chi connectivity index (χ1n) is 10.4. The molecule has 1 aromatic heterocycles. The van der Waals surface area contributed by atoms with Crippen molar-refractivity contribution in [2.45, 2.75) is 19.0 Å². The van der Waals surface area contributed by atoms with Crippen LogP contribution in [0.2, 0.25) is 0 Å². The van der Waals surface area contributed by atoms with E-state index in [4.69, 9.17) is 4.74 Å². The Hall–Kier alpha value is -3.75. The molecule has 0 unspecified atom stereocenters. The molecule has 170 valence electrons. The van der Waals surface area contributed by atoms with Crippen molar-refractivity contribution >= 4 is 22.5 Å². The van der Waals surface area contributed by atoms with E-state index >= 15 is 8.78 Å². The second-order valence-corrected chi connectivity index (χ2v) is 8.21. The minimum absolute atomic E-state index is 0.169. The first-order valence-corrected chi connectivity index (χ1v) is 10.4. The van der Waals surface area contributed by atoms with Crippen LogP contribution >= 0.6 is 0 Å². The van der Waals surface area contributed by atoms with Gasteiger partial charge in [-0.1, -0.05) is 12.6 Å². The molecule has 2 aliphatic heterocycles. The number of halogens is 3. The number of anilines is 1. The van der Waals surface area contributed by atoms with Gasteiger partial charge in [-0.15, -0.1) is 0 Å². The Bertz CT molecular complexity index is 1290. The highest BCUT2D eigenvalue weighted by Crippen LogP contribution is 2.45. The molecule has 1 fully saturated rings. The fourth-order valence-corrected chi connectivity index (χ4v) is 4.69. The van der Waals surface area contributed by atoms with Crippen molar-refractivity contribution < 1.29 is 27.8 Å². The van der Waals surface area contributed by atoms with E-state index in [9.17, 15) is 14.3 Å². The van der Waals surface area contributed by atoms with E-state index in [-0.39, 0.29) is 35.5 Å². The maximum absolute atomic E-state index is 15.6. The summed E-state index contributed by atoms with van der Waals surface area (Å²) in [6.45, 7) is 6.48. The summed E-state index contributed by atoms with van der Waals surface area (Å²) in [7, 11) is 0. The molecule has 2 atom stereocenters. The molecule has 2 aliphatic rings. The average molecular weight is 455 g/mol. The number of rotatable bonds is 2. The normalized spacial score (nSPS) is 19.6. The van der Waals surface area contributed by atoms with Gasteiger partial charge in [0.05, 0.1) is 29.1 Å². The Balaban J connectivity index is 1.67. The van der Waals surface area contributed by atoms with Crippen LogP contribution in [0.25, 0.3) is 22.0 Å². The molecule has 2 aromatic carbocycles. The summed E-state index contributed by atoms with van der Waals surface area (Å²) >= 11 is 0. The minimum Gasteiger partial charge on any atom is -0.507 e. The lowest BCUT2D eigenvalue weighted by Crippen LogP contribution is -2.61. The van der Waals surface area contributed by atoms with Gasteiger partial charge in [0.25, 0.3) is 0 Å². The van der Waals surface area contributed by atoms with Gasteiger partial charge in [-0.25, -0.2) is 18.2 Å². The molecule has 0 aliphatic carbocycles. The Kier molecular flexibility index (Phi) is 4.92. The number of hydrogen-bond donors (Lipinski definition) is 1. The number of aromatic nitrogens is 1. The second-order valence-electron chi connectivity index (χ2n) is 8.21. The molecular weight excluding hydrogens is 435 g/mol. The van der Waals surface area contributed by atoms with Gasteiger partial charge < -0.3 is 19.6 Å². The number of phenols is 1. The lowest BCUT2D eigenvalue weighted by Gasteiger charge is -2.48. The topological polar surface area (TPSA) is 65.9 Å². The highest BCUT2D eigenvalue weighted by molar-refractivity contribution is 5.98. The number of hydrogen-bond acceptors (Lipinski definition) is 5. The number of nitrogens with zero attached hydrogens (tertiary/aromatic N) is 3. The van der Waals surface area contributed by atoms with Gasteiger partial charge in [-0.3, -0.25) is 4.79 Å². The number of pyridine rings is 1. The highest BCUT2D eigenvalue weighted by Gasteiger charge is 2.39. The molecule has 5 rings (SSSR count). The SMILES string of the molecule is C=CC(=O)N1C[C@@H]2COc3cnc4c(F)c(-c5c(O)cccc5F)c(F)cc4c3N2C[C@H]1C. The standard InChI is InChI=1S/C24H20F3N3O3/c1-3-19(32)29-10-13-11-33-18-8-28-23-14(24(18)30(13)9-12(29)2)7-16(26)21(22(23)27)20-15(25)5-4-6-17(20)31/h3-8,12-13,31H,1,9-11H2,2H3/t12-,13-/m1/s1. The Morgan fingerprint density at radius 1 is 1.24 bits per heavy atom. The third kappa shape index (κ3) is 3.18. The van der Waals surface area contributed by atoms with Crippen molar-refractivity contribution in [1.82, 2.24) is 9.88 Å². The summed E-state index contributed by atoms with van der Waals surface area (Å²) in [6.07, 6.45) is 2.61. The maximum atomic E-state index is 15.6. The van der Waals surface area contributed by atoms with Crippen molar-refractivity contribution in [3.8, 4) is 22.6 Å². The third-order valence-corrected chi connectivity index (χ3v) is 6.25. The van der Waals surface area contributed by atoms with Crippen molar-refractivity contribution in [1.29, 1.82) is 0 Å². The number of aromatic hydroxyl groups is 1. The van der Waals surface area contributed by atoms with Crippen LogP contribution in [0, 0.1) is 17.5 Å². The van der Waals surface area contributed by atoms with E-state index in [1.165, 1.54) is 18.3 Å². The monoisotopic (exact) mass is 455 g/mol. The van der Waals surface area contributed by atoms with Gasteiger partial charge >= 0.3 is 0 Å². The molecule has 33 heavy (non-hydrogen) atoms. The Morgan fingerprint density at radius 3 is 2.76 bits per heavy atom. The van der Waals surface area contributed by atoms with Crippen LogP contribution in [0.1, 0.15) is 6.92 Å². The first kappa shape index (κ1) is 21.1. The lowest BCUT2D eigenvalue weighted by atomic mass is 9.97. The summed E-state index contributed by atoms with van der Waals surface area (Å²) in [5, 5.41) is 10.2. The zero-order chi connectivity index (χ0) is 23.4.